The summed E-state index contributed by atoms with van der Waals surface area (Å²) < 4.78 is 1.73. The van der Waals surface area contributed by atoms with E-state index in [1.54, 1.807) is 23.2 Å². The van der Waals surface area contributed by atoms with E-state index in [0.29, 0.717) is 0 Å². The standard InChI is InChI=1S/C9H12N2.C2H6.CH4S/c1-5-9-7(3)8(4)10-11(9)6-2;2*1-2/h5-6H,1-2H2,3-4H3;1-2H3;2H,1H3. The zero-order chi connectivity index (χ0) is 12.4. The first kappa shape index (κ1) is 16.5. The van der Waals surface area contributed by atoms with Gasteiger partial charge in [0, 0.05) is 6.20 Å². The first-order chi connectivity index (χ1) is 7.20. The van der Waals surface area contributed by atoms with Crippen LogP contribution >= 0.6 is 12.6 Å². The van der Waals surface area contributed by atoms with Gasteiger partial charge in [-0.3, -0.25) is 0 Å². The molecule has 0 aliphatic carbocycles. The normalized spacial score (nSPS) is 7.87. The highest BCUT2D eigenvalue weighted by Gasteiger charge is 2.04. The van der Waals surface area contributed by atoms with Crippen LogP contribution in [-0.4, -0.2) is 16.0 Å². The molecule has 0 fully saturated rings. The molecule has 1 heterocycles. The van der Waals surface area contributed by atoms with E-state index in [1.807, 2.05) is 27.7 Å². The predicted molar refractivity (Wildman–Crippen MR) is 74.4 cm³/mol. The van der Waals surface area contributed by atoms with Crippen LogP contribution < -0.4 is 0 Å². The molecular formula is C12H22N2S. The smallest absolute Gasteiger partial charge is 0.0687 e. The van der Waals surface area contributed by atoms with E-state index in [1.165, 1.54) is 5.56 Å². The highest BCUT2D eigenvalue weighted by molar-refractivity contribution is 7.79. The summed E-state index contributed by atoms with van der Waals surface area (Å²) in [7, 11) is 0. The third kappa shape index (κ3) is 4.38. The Labute approximate surface area is 99.1 Å². The van der Waals surface area contributed by atoms with Crippen molar-refractivity contribution >= 4 is 24.9 Å². The van der Waals surface area contributed by atoms with E-state index in [0.717, 1.165) is 11.4 Å². The van der Waals surface area contributed by atoms with Crippen molar-refractivity contribution in [3.05, 3.63) is 30.1 Å². The molecule has 0 saturated carbocycles. The summed E-state index contributed by atoms with van der Waals surface area (Å²) in [5, 5.41) is 4.23. The number of hydrogen-bond donors (Lipinski definition) is 1. The van der Waals surface area contributed by atoms with Gasteiger partial charge in [-0.15, -0.1) is 0 Å². The van der Waals surface area contributed by atoms with Gasteiger partial charge >= 0.3 is 0 Å². The Morgan fingerprint density at radius 2 is 1.67 bits per heavy atom. The third-order valence-electron chi connectivity index (χ3n) is 1.80. The fourth-order valence-corrected chi connectivity index (χ4v) is 1.03. The van der Waals surface area contributed by atoms with Crippen molar-refractivity contribution in [2.45, 2.75) is 27.7 Å². The van der Waals surface area contributed by atoms with Gasteiger partial charge in [0.25, 0.3) is 0 Å². The topological polar surface area (TPSA) is 17.8 Å². The second-order valence-electron chi connectivity index (χ2n) is 2.43. The summed E-state index contributed by atoms with van der Waals surface area (Å²) in [6, 6.07) is 0. The molecule has 0 aliphatic heterocycles. The third-order valence-corrected chi connectivity index (χ3v) is 1.80. The summed E-state index contributed by atoms with van der Waals surface area (Å²) in [4.78, 5) is 0. The van der Waals surface area contributed by atoms with Gasteiger partial charge < -0.3 is 0 Å². The fourth-order valence-electron chi connectivity index (χ4n) is 1.03. The molecule has 0 saturated heterocycles. The molecular weight excluding hydrogens is 204 g/mol. The van der Waals surface area contributed by atoms with Gasteiger partial charge in [-0.2, -0.15) is 17.7 Å². The molecule has 1 aromatic rings. The largest absolute Gasteiger partial charge is 0.241 e. The van der Waals surface area contributed by atoms with Crippen LogP contribution in [0.2, 0.25) is 0 Å². The molecule has 0 aliphatic rings. The minimum atomic E-state index is 1.03. The lowest BCUT2D eigenvalue weighted by atomic mass is 10.2. The van der Waals surface area contributed by atoms with Gasteiger partial charge in [-0.1, -0.05) is 27.0 Å². The molecule has 0 N–H and O–H groups in total. The number of hydrogen-bond acceptors (Lipinski definition) is 2. The first-order valence-electron chi connectivity index (χ1n) is 4.96. The maximum absolute atomic E-state index is 4.23. The Morgan fingerprint density at radius 1 is 1.20 bits per heavy atom. The van der Waals surface area contributed by atoms with Gasteiger partial charge in [0.2, 0.25) is 0 Å². The minimum absolute atomic E-state index is 1.03. The second kappa shape index (κ2) is 9.59. The van der Waals surface area contributed by atoms with Crippen molar-refractivity contribution in [1.29, 1.82) is 0 Å². The highest BCUT2D eigenvalue weighted by Crippen LogP contribution is 2.13. The maximum Gasteiger partial charge on any atom is 0.0687 e. The lowest BCUT2D eigenvalue weighted by molar-refractivity contribution is 0.905. The molecule has 86 valence electrons. The maximum atomic E-state index is 4.23. The highest BCUT2D eigenvalue weighted by atomic mass is 32.1. The molecule has 0 atom stereocenters. The van der Waals surface area contributed by atoms with Crippen LogP contribution in [0.3, 0.4) is 0 Å². The van der Waals surface area contributed by atoms with E-state index < -0.39 is 0 Å². The molecule has 1 aromatic heterocycles. The van der Waals surface area contributed by atoms with Crippen LogP contribution in [0.1, 0.15) is 30.8 Å². The lowest BCUT2D eigenvalue weighted by Gasteiger charge is -1.94. The van der Waals surface area contributed by atoms with Crippen LogP contribution in [0.25, 0.3) is 12.3 Å². The summed E-state index contributed by atoms with van der Waals surface area (Å²) in [5.41, 5.74) is 3.22. The Hall–Kier alpha value is -0.960. The second-order valence-corrected chi connectivity index (χ2v) is 2.43. The molecule has 0 unspecified atom stereocenters. The number of aryl methyl sites for hydroxylation is 1. The zero-order valence-corrected chi connectivity index (χ0v) is 11.3. The van der Waals surface area contributed by atoms with Gasteiger partial charge in [-0.25, -0.2) is 4.68 Å². The van der Waals surface area contributed by atoms with E-state index in [-0.39, 0.29) is 0 Å². The van der Waals surface area contributed by atoms with Gasteiger partial charge in [0.1, 0.15) is 0 Å². The Morgan fingerprint density at radius 3 is 1.93 bits per heavy atom. The molecule has 0 spiro atoms. The average Bonchev–Trinajstić information content (AvgIpc) is 2.60. The lowest BCUT2D eigenvalue weighted by Crippen LogP contribution is -1.90. The Bertz CT molecular complexity index is 301. The van der Waals surface area contributed by atoms with Gasteiger partial charge in [-0.05, 0) is 31.7 Å². The molecule has 1 rings (SSSR count). The average molecular weight is 226 g/mol. The minimum Gasteiger partial charge on any atom is -0.241 e. The van der Waals surface area contributed by atoms with Crippen molar-refractivity contribution < 1.29 is 0 Å². The first-order valence-corrected chi connectivity index (χ1v) is 5.85. The van der Waals surface area contributed by atoms with E-state index in [9.17, 15) is 0 Å². The predicted octanol–water partition coefficient (Wildman–Crippen LogP) is 3.82. The van der Waals surface area contributed by atoms with Crippen LogP contribution in [0.4, 0.5) is 0 Å². The quantitative estimate of drug-likeness (QED) is 0.759. The van der Waals surface area contributed by atoms with Crippen LogP contribution in [0.5, 0.6) is 0 Å². The van der Waals surface area contributed by atoms with Crippen LogP contribution in [0.15, 0.2) is 13.2 Å². The molecule has 0 amide bonds. The molecule has 0 radical (unpaired) electrons. The van der Waals surface area contributed by atoms with Crippen LogP contribution in [0, 0.1) is 13.8 Å². The number of aromatic nitrogens is 2. The zero-order valence-electron chi connectivity index (χ0n) is 10.4. The van der Waals surface area contributed by atoms with Gasteiger partial charge in [0.15, 0.2) is 0 Å². The van der Waals surface area contributed by atoms with Gasteiger partial charge in [0.05, 0.1) is 11.4 Å². The van der Waals surface area contributed by atoms with E-state index in [2.05, 4.69) is 30.9 Å². The fraction of sp³-hybridized carbons (Fsp3) is 0.417. The Balaban J connectivity index is 0. The molecule has 3 heteroatoms. The number of thiol groups is 1. The van der Waals surface area contributed by atoms with Crippen molar-refractivity contribution in [2.24, 2.45) is 0 Å². The number of nitrogens with zero attached hydrogens (tertiary/aromatic N) is 2. The monoisotopic (exact) mass is 226 g/mol. The molecule has 0 bridgehead atoms. The summed E-state index contributed by atoms with van der Waals surface area (Å²) in [6.45, 7) is 15.4. The summed E-state index contributed by atoms with van der Waals surface area (Å²) in [5.74, 6) is 0. The number of rotatable bonds is 2. The van der Waals surface area contributed by atoms with E-state index >= 15 is 0 Å². The molecule has 15 heavy (non-hydrogen) atoms. The Kier molecular flexibility index (Phi) is 10.5. The SMILES string of the molecule is C=Cc1c(C)c(C)nn1C=C.CC.CS. The van der Waals surface area contributed by atoms with Crippen molar-refractivity contribution in [3.63, 3.8) is 0 Å². The van der Waals surface area contributed by atoms with Crippen molar-refractivity contribution in [3.8, 4) is 0 Å². The molecule has 0 aromatic carbocycles. The molecule has 2 nitrogen and oxygen atoms in total. The summed E-state index contributed by atoms with van der Waals surface area (Å²) >= 11 is 3.53. The van der Waals surface area contributed by atoms with Crippen molar-refractivity contribution in [2.75, 3.05) is 6.26 Å². The summed E-state index contributed by atoms with van der Waals surface area (Å²) in [6.07, 6.45) is 5.16. The van der Waals surface area contributed by atoms with Crippen LogP contribution in [-0.2, 0) is 0 Å². The van der Waals surface area contributed by atoms with E-state index in [4.69, 9.17) is 0 Å². The van der Waals surface area contributed by atoms with Crippen molar-refractivity contribution in [1.82, 2.24) is 9.78 Å².